The van der Waals surface area contributed by atoms with Gasteiger partial charge in [-0.3, -0.25) is 0 Å². The summed E-state index contributed by atoms with van der Waals surface area (Å²) in [4.78, 5) is 0. The zero-order chi connectivity index (χ0) is 10.1. The Morgan fingerprint density at radius 1 is 1.38 bits per heavy atom. The molecule has 5 nitrogen and oxygen atoms in total. The predicted octanol–water partition coefficient (Wildman–Crippen LogP) is -2.06. The number of hydrogen-bond donors (Lipinski definition) is 5. The summed E-state index contributed by atoms with van der Waals surface area (Å²) in [7, 11) is 0. The van der Waals surface area contributed by atoms with Gasteiger partial charge >= 0.3 is 0 Å². The molecule has 6 N–H and O–H groups in total. The molecule has 0 spiro atoms. The lowest BCUT2D eigenvalue weighted by Gasteiger charge is -2.31. The van der Waals surface area contributed by atoms with E-state index in [1.54, 1.807) is 0 Å². The van der Waals surface area contributed by atoms with E-state index in [-0.39, 0.29) is 12.8 Å². The van der Waals surface area contributed by atoms with Crippen molar-refractivity contribution in [3.8, 4) is 0 Å². The molecule has 1 aliphatic rings. The molecule has 0 aromatic carbocycles. The number of hydrogen-bond acceptors (Lipinski definition) is 5. The predicted molar refractivity (Wildman–Crippen MR) is 45.9 cm³/mol. The van der Waals surface area contributed by atoms with Crippen molar-refractivity contribution in [1.82, 2.24) is 0 Å². The molecule has 0 bridgehead atoms. The fourth-order valence-corrected chi connectivity index (χ4v) is 1.70. The van der Waals surface area contributed by atoms with Crippen LogP contribution >= 0.6 is 0 Å². The van der Waals surface area contributed by atoms with Crippen molar-refractivity contribution in [1.29, 1.82) is 0 Å². The van der Waals surface area contributed by atoms with Gasteiger partial charge in [0.15, 0.2) is 0 Å². The largest absolute Gasteiger partial charge is 0.393 e. The average molecular weight is 191 g/mol. The molecule has 5 heteroatoms. The van der Waals surface area contributed by atoms with Crippen molar-refractivity contribution in [2.24, 2.45) is 5.73 Å². The van der Waals surface area contributed by atoms with Gasteiger partial charge in [0.1, 0.15) is 11.7 Å². The van der Waals surface area contributed by atoms with Gasteiger partial charge in [-0.05, 0) is 19.3 Å². The minimum absolute atomic E-state index is 0.166. The van der Waals surface area contributed by atoms with E-state index in [0.717, 1.165) is 0 Å². The van der Waals surface area contributed by atoms with Crippen LogP contribution < -0.4 is 5.73 Å². The zero-order valence-corrected chi connectivity index (χ0v) is 7.43. The minimum atomic E-state index is -1.56. The van der Waals surface area contributed by atoms with E-state index in [4.69, 9.17) is 10.8 Å². The standard InChI is InChI=1S/C8H17NO4/c9-6-3-5(11)1-2-8(13,4-10)7(6)12/h5-7,10-13H,1-4,9H2/t5-,6-,7-,8-/m0/s1. The lowest BCUT2D eigenvalue weighted by molar-refractivity contribution is -0.113. The summed E-state index contributed by atoms with van der Waals surface area (Å²) in [5.41, 5.74) is 3.98. The summed E-state index contributed by atoms with van der Waals surface area (Å²) in [6, 6.07) is -0.686. The fraction of sp³-hybridized carbons (Fsp3) is 1.00. The van der Waals surface area contributed by atoms with Crippen LogP contribution in [0.3, 0.4) is 0 Å². The maximum atomic E-state index is 9.73. The first kappa shape index (κ1) is 10.9. The van der Waals surface area contributed by atoms with Crippen molar-refractivity contribution in [2.75, 3.05) is 6.61 Å². The van der Waals surface area contributed by atoms with Crippen LogP contribution in [0.4, 0.5) is 0 Å². The van der Waals surface area contributed by atoms with Crippen LogP contribution in [-0.4, -0.2) is 50.9 Å². The Balaban J connectivity index is 2.75. The summed E-state index contributed by atoms with van der Waals surface area (Å²) in [5, 5.41) is 37.5. The highest BCUT2D eigenvalue weighted by Crippen LogP contribution is 2.26. The molecule has 1 rings (SSSR count). The van der Waals surface area contributed by atoms with Crippen molar-refractivity contribution < 1.29 is 20.4 Å². The molecule has 1 aliphatic carbocycles. The van der Waals surface area contributed by atoms with E-state index in [1.165, 1.54) is 0 Å². The molecule has 0 radical (unpaired) electrons. The summed E-state index contributed by atoms with van der Waals surface area (Å²) in [5.74, 6) is 0. The average Bonchev–Trinajstić information content (AvgIpc) is 2.20. The van der Waals surface area contributed by atoms with Gasteiger partial charge in [-0.1, -0.05) is 0 Å². The molecular weight excluding hydrogens is 174 g/mol. The highest BCUT2D eigenvalue weighted by molar-refractivity contribution is 4.96. The SMILES string of the molecule is N[C@H]1C[C@@H](O)CC[C@](O)(CO)[C@H]1O. The molecule has 0 amide bonds. The van der Waals surface area contributed by atoms with Crippen LogP contribution in [0.2, 0.25) is 0 Å². The Morgan fingerprint density at radius 3 is 2.54 bits per heavy atom. The normalized spacial score (nSPS) is 47.3. The van der Waals surface area contributed by atoms with Gasteiger partial charge < -0.3 is 26.2 Å². The molecule has 0 aromatic heterocycles. The number of rotatable bonds is 1. The van der Waals surface area contributed by atoms with Crippen molar-refractivity contribution in [3.63, 3.8) is 0 Å². The van der Waals surface area contributed by atoms with E-state index >= 15 is 0 Å². The third-order valence-electron chi connectivity index (χ3n) is 2.68. The number of aliphatic hydroxyl groups is 4. The maximum absolute atomic E-state index is 9.73. The Morgan fingerprint density at radius 2 is 2.00 bits per heavy atom. The third kappa shape index (κ3) is 2.18. The van der Waals surface area contributed by atoms with Crippen molar-refractivity contribution in [3.05, 3.63) is 0 Å². The summed E-state index contributed by atoms with van der Waals surface area (Å²) in [6.07, 6.45) is -1.01. The van der Waals surface area contributed by atoms with Gasteiger partial charge in [0.05, 0.1) is 12.7 Å². The van der Waals surface area contributed by atoms with Crippen LogP contribution in [0, 0.1) is 0 Å². The van der Waals surface area contributed by atoms with E-state index < -0.39 is 30.5 Å². The van der Waals surface area contributed by atoms with Crippen LogP contribution in [0.25, 0.3) is 0 Å². The van der Waals surface area contributed by atoms with Crippen molar-refractivity contribution in [2.45, 2.75) is 43.1 Å². The lowest BCUT2D eigenvalue weighted by atomic mass is 9.90. The summed E-state index contributed by atoms with van der Waals surface area (Å²) < 4.78 is 0. The lowest BCUT2D eigenvalue weighted by Crippen LogP contribution is -2.53. The van der Waals surface area contributed by atoms with Crippen LogP contribution in [0.5, 0.6) is 0 Å². The highest BCUT2D eigenvalue weighted by Gasteiger charge is 2.41. The van der Waals surface area contributed by atoms with Gasteiger partial charge in [-0.2, -0.15) is 0 Å². The summed E-state index contributed by atoms with van der Waals surface area (Å²) in [6.45, 7) is -0.533. The van der Waals surface area contributed by atoms with E-state index in [0.29, 0.717) is 6.42 Å². The molecule has 0 aromatic rings. The monoisotopic (exact) mass is 191 g/mol. The van der Waals surface area contributed by atoms with E-state index in [2.05, 4.69) is 0 Å². The highest BCUT2D eigenvalue weighted by atomic mass is 16.4. The first-order valence-electron chi connectivity index (χ1n) is 4.44. The third-order valence-corrected chi connectivity index (χ3v) is 2.68. The maximum Gasteiger partial charge on any atom is 0.115 e. The smallest absolute Gasteiger partial charge is 0.115 e. The molecule has 13 heavy (non-hydrogen) atoms. The Labute approximate surface area is 76.8 Å². The summed E-state index contributed by atoms with van der Waals surface area (Å²) >= 11 is 0. The second-order valence-electron chi connectivity index (χ2n) is 3.80. The molecule has 4 atom stereocenters. The zero-order valence-electron chi connectivity index (χ0n) is 7.43. The van der Waals surface area contributed by atoms with E-state index in [9.17, 15) is 15.3 Å². The fourth-order valence-electron chi connectivity index (χ4n) is 1.70. The van der Waals surface area contributed by atoms with Gasteiger partial charge in [-0.15, -0.1) is 0 Å². The van der Waals surface area contributed by atoms with Crippen LogP contribution in [0.1, 0.15) is 19.3 Å². The molecule has 0 heterocycles. The first-order valence-corrected chi connectivity index (χ1v) is 4.44. The second kappa shape index (κ2) is 3.89. The molecule has 1 fully saturated rings. The van der Waals surface area contributed by atoms with E-state index in [1.807, 2.05) is 0 Å². The number of aliphatic hydroxyl groups excluding tert-OH is 3. The van der Waals surface area contributed by atoms with Gasteiger partial charge in [-0.25, -0.2) is 0 Å². The number of nitrogens with two attached hydrogens (primary N) is 1. The molecule has 0 saturated heterocycles. The van der Waals surface area contributed by atoms with Crippen molar-refractivity contribution >= 4 is 0 Å². The Hall–Kier alpha value is -0.200. The van der Waals surface area contributed by atoms with Gasteiger partial charge in [0.25, 0.3) is 0 Å². The second-order valence-corrected chi connectivity index (χ2v) is 3.80. The van der Waals surface area contributed by atoms with Crippen LogP contribution in [-0.2, 0) is 0 Å². The van der Waals surface area contributed by atoms with Gasteiger partial charge in [0, 0.05) is 6.04 Å². The quantitative estimate of drug-likeness (QED) is 0.306. The topological polar surface area (TPSA) is 107 Å². The van der Waals surface area contributed by atoms with Crippen LogP contribution in [0.15, 0.2) is 0 Å². The Kier molecular flexibility index (Phi) is 3.26. The van der Waals surface area contributed by atoms with Gasteiger partial charge in [0.2, 0.25) is 0 Å². The molecular formula is C8H17NO4. The molecule has 0 unspecified atom stereocenters. The molecule has 78 valence electrons. The molecule has 0 aliphatic heterocycles. The minimum Gasteiger partial charge on any atom is -0.393 e. The Bertz CT molecular complexity index is 178. The molecule has 1 saturated carbocycles. The first-order chi connectivity index (χ1) is 5.99.